The van der Waals surface area contributed by atoms with Crippen molar-refractivity contribution < 1.29 is 14.4 Å². The maximum Gasteiger partial charge on any atom is 0.322 e. The van der Waals surface area contributed by atoms with Gasteiger partial charge in [-0.15, -0.1) is 0 Å². The van der Waals surface area contributed by atoms with Crippen LogP contribution in [0.3, 0.4) is 0 Å². The van der Waals surface area contributed by atoms with Crippen molar-refractivity contribution in [3.05, 3.63) is 36.4 Å². The zero-order valence-electron chi connectivity index (χ0n) is 12.3. The first-order valence-electron chi connectivity index (χ1n) is 6.62. The Hall–Kier alpha value is -2.34. The number of nitrogens with zero attached hydrogens (tertiary/aromatic N) is 2. The molecule has 0 aliphatic heterocycles. The van der Waals surface area contributed by atoms with Crippen molar-refractivity contribution in [3.8, 4) is 11.3 Å². The van der Waals surface area contributed by atoms with Crippen molar-refractivity contribution in [2.75, 3.05) is 18.9 Å². The monoisotopic (exact) mass is 289 g/mol. The van der Waals surface area contributed by atoms with Crippen LogP contribution in [0.1, 0.15) is 13.8 Å². The Morgan fingerprint density at radius 3 is 2.67 bits per heavy atom. The van der Waals surface area contributed by atoms with Gasteiger partial charge in [-0.1, -0.05) is 35.5 Å². The van der Waals surface area contributed by atoms with Crippen molar-refractivity contribution in [3.63, 3.8) is 0 Å². The number of benzene rings is 1. The Bertz CT molecular complexity index is 602. The largest absolute Gasteiger partial charge is 0.389 e. The molecule has 2 aromatic rings. The second-order valence-corrected chi connectivity index (χ2v) is 5.54. The summed E-state index contributed by atoms with van der Waals surface area (Å²) in [4.78, 5) is 13.3. The molecule has 0 fully saturated rings. The molecule has 0 saturated heterocycles. The van der Waals surface area contributed by atoms with Gasteiger partial charge in [0.25, 0.3) is 0 Å². The lowest BCUT2D eigenvalue weighted by Gasteiger charge is -2.25. The second kappa shape index (κ2) is 5.97. The molecule has 0 aliphatic carbocycles. The fraction of sp³-hybridized carbons (Fsp3) is 0.333. The van der Waals surface area contributed by atoms with Crippen molar-refractivity contribution in [2.24, 2.45) is 0 Å². The van der Waals surface area contributed by atoms with Gasteiger partial charge in [0.15, 0.2) is 11.6 Å². The fourth-order valence-electron chi connectivity index (χ4n) is 1.93. The summed E-state index contributed by atoms with van der Waals surface area (Å²) in [6.07, 6.45) is 0. The Balaban J connectivity index is 2.01. The van der Waals surface area contributed by atoms with Gasteiger partial charge in [0.05, 0.1) is 12.1 Å². The second-order valence-electron chi connectivity index (χ2n) is 5.54. The van der Waals surface area contributed by atoms with Crippen LogP contribution in [0, 0.1) is 0 Å². The highest BCUT2D eigenvalue weighted by Crippen LogP contribution is 2.22. The fourth-order valence-corrected chi connectivity index (χ4v) is 1.93. The number of anilines is 1. The number of rotatable bonds is 4. The summed E-state index contributed by atoms with van der Waals surface area (Å²) < 4.78 is 5.20. The highest BCUT2D eigenvalue weighted by atomic mass is 16.5. The summed E-state index contributed by atoms with van der Waals surface area (Å²) in [5.41, 5.74) is -0.0687. The van der Waals surface area contributed by atoms with Crippen LogP contribution in [0.5, 0.6) is 0 Å². The number of likely N-dealkylation sites (N-methyl/N-ethyl adjacent to an activating group) is 1. The normalized spacial score (nSPS) is 11.2. The summed E-state index contributed by atoms with van der Waals surface area (Å²) >= 11 is 0. The van der Waals surface area contributed by atoms with E-state index in [-0.39, 0.29) is 12.6 Å². The van der Waals surface area contributed by atoms with Gasteiger partial charge < -0.3 is 14.5 Å². The van der Waals surface area contributed by atoms with E-state index in [0.717, 1.165) is 5.56 Å². The summed E-state index contributed by atoms with van der Waals surface area (Å²) in [7, 11) is 1.60. The predicted octanol–water partition coefficient (Wildman–Crippen LogP) is 2.58. The average Bonchev–Trinajstić information content (AvgIpc) is 2.86. The highest BCUT2D eigenvalue weighted by Gasteiger charge is 2.20. The quantitative estimate of drug-likeness (QED) is 0.906. The number of carbonyl (C=O) groups excluding carboxylic acids is 1. The number of carbonyl (C=O) groups is 1. The molecule has 0 aliphatic rings. The standard InChI is InChI=1S/C15H19N3O3/c1-15(2,20)10-18(3)14(19)16-13-9-12(21-17-13)11-7-5-4-6-8-11/h4-9,20H,10H2,1-3H3,(H,16,17,19). The topological polar surface area (TPSA) is 78.6 Å². The molecule has 112 valence electrons. The molecular weight excluding hydrogens is 270 g/mol. The molecular formula is C15H19N3O3. The molecule has 1 heterocycles. The van der Waals surface area contributed by atoms with E-state index in [1.165, 1.54) is 4.90 Å². The lowest BCUT2D eigenvalue weighted by atomic mass is 10.1. The highest BCUT2D eigenvalue weighted by molar-refractivity contribution is 5.88. The molecule has 0 atom stereocenters. The van der Waals surface area contributed by atoms with E-state index >= 15 is 0 Å². The van der Waals surface area contributed by atoms with E-state index in [1.54, 1.807) is 27.0 Å². The van der Waals surface area contributed by atoms with Crippen LogP contribution in [0.2, 0.25) is 0 Å². The van der Waals surface area contributed by atoms with Crippen LogP contribution >= 0.6 is 0 Å². The van der Waals surface area contributed by atoms with Crippen LogP contribution in [-0.2, 0) is 0 Å². The SMILES string of the molecule is CN(CC(C)(C)O)C(=O)Nc1cc(-c2ccccc2)on1. The van der Waals surface area contributed by atoms with E-state index < -0.39 is 5.60 Å². The Morgan fingerprint density at radius 1 is 1.38 bits per heavy atom. The van der Waals surface area contributed by atoms with E-state index in [0.29, 0.717) is 11.6 Å². The first-order valence-corrected chi connectivity index (χ1v) is 6.62. The number of hydrogen-bond donors (Lipinski definition) is 2. The zero-order chi connectivity index (χ0) is 15.5. The summed E-state index contributed by atoms with van der Waals surface area (Å²) in [6, 6.07) is 10.8. The molecule has 0 spiro atoms. The molecule has 2 rings (SSSR count). The van der Waals surface area contributed by atoms with Gasteiger partial charge in [-0.25, -0.2) is 4.79 Å². The predicted molar refractivity (Wildman–Crippen MR) is 79.9 cm³/mol. The number of hydrogen-bond acceptors (Lipinski definition) is 4. The number of nitrogens with one attached hydrogen (secondary N) is 1. The Morgan fingerprint density at radius 2 is 2.05 bits per heavy atom. The number of aromatic nitrogens is 1. The van der Waals surface area contributed by atoms with Gasteiger partial charge in [-0.3, -0.25) is 5.32 Å². The van der Waals surface area contributed by atoms with Gasteiger partial charge in [0.1, 0.15) is 0 Å². The van der Waals surface area contributed by atoms with Crippen LogP contribution in [0.15, 0.2) is 40.9 Å². The van der Waals surface area contributed by atoms with Crippen LogP contribution in [-0.4, -0.2) is 40.4 Å². The summed E-state index contributed by atoms with van der Waals surface area (Å²) in [5.74, 6) is 0.914. The van der Waals surface area contributed by atoms with Crippen molar-refractivity contribution >= 4 is 11.8 Å². The van der Waals surface area contributed by atoms with Crippen molar-refractivity contribution in [1.82, 2.24) is 10.1 Å². The molecule has 1 aromatic carbocycles. The minimum Gasteiger partial charge on any atom is -0.389 e. The number of urea groups is 1. The third-order valence-electron chi connectivity index (χ3n) is 2.77. The third-order valence-corrected chi connectivity index (χ3v) is 2.77. The molecule has 0 bridgehead atoms. The minimum absolute atomic E-state index is 0.211. The molecule has 0 saturated carbocycles. The number of amides is 2. The lowest BCUT2D eigenvalue weighted by Crippen LogP contribution is -2.41. The van der Waals surface area contributed by atoms with Gasteiger partial charge in [0.2, 0.25) is 0 Å². The van der Waals surface area contributed by atoms with Crippen molar-refractivity contribution in [1.29, 1.82) is 0 Å². The minimum atomic E-state index is -0.953. The lowest BCUT2D eigenvalue weighted by molar-refractivity contribution is 0.0550. The number of aliphatic hydroxyl groups is 1. The van der Waals surface area contributed by atoms with E-state index in [4.69, 9.17) is 4.52 Å². The molecule has 1 aromatic heterocycles. The molecule has 6 nitrogen and oxygen atoms in total. The average molecular weight is 289 g/mol. The van der Waals surface area contributed by atoms with Crippen molar-refractivity contribution in [2.45, 2.75) is 19.4 Å². The molecule has 0 radical (unpaired) electrons. The van der Waals surface area contributed by atoms with Gasteiger partial charge in [0, 0.05) is 18.7 Å². The maximum atomic E-state index is 12.0. The maximum absolute atomic E-state index is 12.0. The smallest absolute Gasteiger partial charge is 0.322 e. The van der Waals surface area contributed by atoms with E-state index in [9.17, 15) is 9.90 Å². The van der Waals surface area contributed by atoms with Crippen LogP contribution in [0.25, 0.3) is 11.3 Å². The summed E-state index contributed by atoms with van der Waals surface area (Å²) in [5, 5.41) is 16.1. The molecule has 0 unspecified atom stereocenters. The van der Waals surface area contributed by atoms with E-state index in [2.05, 4.69) is 10.5 Å². The summed E-state index contributed by atoms with van der Waals surface area (Å²) in [6.45, 7) is 3.49. The van der Waals surface area contributed by atoms with Gasteiger partial charge in [-0.2, -0.15) is 0 Å². The van der Waals surface area contributed by atoms with E-state index in [1.807, 2.05) is 30.3 Å². The third kappa shape index (κ3) is 4.32. The first kappa shape index (κ1) is 15.1. The molecule has 2 N–H and O–H groups in total. The molecule has 6 heteroatoms. The zero-order valence-corrected chi connectivity index (χ0v) is 12.3. The Labute approximate surface area is 123 Å². The van der Waals surface area contributed by atoms with Crippen LogP contribution in [0.4, 0.5) is 10.6 Å². The molecule has 2 amide bonds. The van der Waals surface area contributed by atoms with Crippen LogP contribution < -0.4 is 5.32 Å². The van der Waals surface area contributed by atoms with Gasteiger partial charge in [-0.05, 0) is 13.8 Å². The first-order chi connectivity index (χ1) is 9.85. The Kier molecular flexibility index (Phi) is 4.28. The van der Waals surface area contributed by atoms with Gasteiger partial charge >= 0.3 is 6.03 Å². The molecule has 21 heavy (non-hydrogen) atoms.